The minimum absolute atomic E-state index is 0.229. The molecule has 0 bridgehead atoms. The predicted octanol–water partition coefficient (Wildman–Crippen LogP) is 5.24. The fourth-order valence-corrected chi connectivity index (χ4v) is 8.97. The van der Waals surface area contributed by atoms with Crippen molar-refractivity contribution in [2.45, 2.75) is 29.7 Å². The average molecular weight is 640 g/mol. The standard InChI is InChI=1S/C29H22ClN3O6S3/c1-2-39-28(37)15-5-11-18(12-6-15)33-25(35)22-21(19-4-3-13-40-19)24-27(41-23(22)26(33)36)32(29(38)42-24)14-20(34)31-17-9-7-16(30)8-10-17/h3-13,21-23H,2,14H2,1H3,(H,31,34). The number of fused-ring (bicyclic) bond motifs is 2. The molecule has 1 N–H and O–H groups in total. The summed E-state index contributed by atoms with van der Waals surface area (Å²) in [5, 5.41) is 4.89. The van der Waals surface area contributed by atoms with Gasteiger partial charge in [0.1, 0.15) is 11.8 Å². The quantitative estimate of drug-likeness (QED) is 0.217. The molecule has 4 heterocycles. The summed E-state index contributed by atoms with van der Waals surface area (Å²) in [5.41, 5.74) is 1.19. The maximum absolute atomic E-state index is 13.9. The van der Waals surface area contributed by atoms with E-state index in [0.717, 1.165) is 32.9 Å². The normalized spacial score (nSPS) is 19.4. The summed E-state index contributed by atoms with van der Waals surface area (Å²) in [4.78, 5) is 68.3. The summed E-state index contributed by atoms with van der Waals surface area (Å²) in [6.45, 7) is 1.68. The van der Waals surface area contributed by atoms with Crippen LogP contribution < -0.4 is 15.1 Å². The molecule has 1 saturated heterocycles. The Kier molecular flexibility index (Phi) is 7.79. The molecule has 42 heavy (non-hydrogen) atoms. The number of esters is 1. The van der Waals surface area contributed by atoms with Crippen LogP contribution >= 0.6 is 46.0 Å². The van der Waals surface area contributed by atoms with Gasteiger partial charge in [-0.05, 0) is 66.9 Å². The first-order valence-corrected chi connectivity index (χ1v) is 15.9. The van der Waals surface area contributed by atoms with Crippen LogP contribution in [-0.2, 0) is 25.7 Å². The zero-order chi connectivity index (χ0) is 29.5. The van der Waals surface area contributed by atoms with Crippen molar-refractivity contribution in [2.24, 2.45) is 5.92 Å². The van der Waals surface area contributed by atoms with Crippen LogP contribution in [0.1, 0.15) is 33.0 Å². The van der Waals surface area contributed by atoms with Crippen LogP contribution in [0.25, 0.3) is 0 Å². The summed E-state index contributed by atoms with van der Waals surface area (Å²) in [6.07, 6.45) is 0. The Hall–Kier alpha value is -3.71. The molecule has 2 aliphatic heterocycles. The van der Waals surface area contributed by atoms with Crippen LogP contribution in [0.2, 0.25) is 5.02 Å². The lowest BCUT2D eigenvalue weighted by atomic mass is 9.87. The predicted molar refractivity (Wildman–Crippen MR) is 163 cm³/mol. The van der Waals surface area contributed by atoms with Crippen LogP contribution in [-0.4, -0.2) is 40.1 Å². The lowest BCUT2D eigenvalue weighted by Gasteiger charge is -2.29. The number of anilines is 2. The molecule has 0 saturated carbocycles. The molecule has 0 aliphatic carbocycles. The van der Waals surface area contributed by atoms with E-state index in [9.17, 15) is 24.0 Å². The van der Waals surface area contributed by atoms with Gasteiger partial charge in [-0.3, -0.25) is 23.7 Å². The first-order chi connectivity index (χ1) is 20.3. The van der Waals surface area contributed by atoms with Gasteiger partial charge in [0, 0.05) is 26.4 Å². The zero-order valence-corrected chi connectivity index (χ0v) is 25.1. The molecule has 0 spiro atoms. The van der Waals surface area contributed by atoms with Gasteiger partial charge in [-0.2, -0.15) is 0 Å². The van der Waals surface area contributed by atoms with Crippen LogP contribution in [0, 0.1) is 5.92 Å². The third-order valence-corrected chi connectivity index (χ3v) is 10.8. The lowest BCUT2D eigenvalue weighted by Crippen LogP contribution is -2.32. The third-order valence-electron chi connectivity index (χ3n) is 6.97. The number of hydrogen-bond donors (Lipinski definition) is 1. The van der Waals surface area contributed by atoms with Crippen molar-refractivity contribution in [2.75, 3.05) is 16.8 Å². The second-order valence-corrected chi connectivity index (χ2v) is 13.1. The topological polar surface area (TPSA) is 115 Å². The molecule has 1 fully saturated rings. The maximum atomic E-state index is 13.9. The Bertz CT molecular complexity index is 1750. The number of rotatable bonds is 7. The van der Waals surface area contributed by atoms with Crippen molar-refractivity contribution in [1.82, 2.24) is 4.57 Å². The number of amides is 3. The van der Waals surface area contributed by atoms with Crippen molar-refractivity contribution in [3.63, 3.8) is 0 Å². The fourth-order valence-electron chi connectivity index (χ4n) is 5.12. The van der Waals surface area contributed by atoms with Gasteiger partial charge >= 0.3 is 10.8 Å². The molecule has 4 aromatic rings. The summed E-state index contributed by atoms with van der Waals surface area (Å²) < 4.78 is 6.41. The molecule has 13 heteroatoms. The second-order valence-electron chi connectivity index (χ2n) is 9.52. The van der Waals surface area contributed by atoms with Gasteiger partial charge in [-0.25, -0.2) is 9.69 Å². The Morgan fingerprint density at radius 2 is 1.74 bits per heavy atom. The highest BCUT2D eigenvalue weighted by Gasteiger charge is 2.57. The summed E-state index contributed by atoms with van der Waals surface area (Å²) in [5.74, 6) is -2.96. The molecule has 3 unspecified atom stereocenters. The van der Waals surface area contributed by atoms with E-state index >= 15 is 0 Å². The second kappa shape index (κ2) is 11.5. The molecule has 2 aliphatic rings. The van der Waals surface area contributed by atoms with E-state index in [4.69, 9.17) is 16.3 Å². The highest BCUT2D eigenvalue weighted by Crippen LogP contribution is 2.54. The Labute approximate surface area is 257 Å². The van der Waals surface area contributed by atoms with Crippen molar-refractivity contribution >= 4 is 81.1 Å². The van der Waals surface area contributed by atoms with Gasteiger partial charge in [0.05, 0.1) is 28.8 Å². The molecular weight excluding hydrogens is 618 g/mol. The zero-order valence-electron chi connectivity index (χ0n) is 21.9. The van der Waals surface area contributed by atoms with E-state index < -0.39 is 34.9 Å². The summed E-state index contributed by atoms with van der Waals surface area (Å²) in [7, 11) is 0. The first kappa shape index (κ1) is 28.4. The van der Waals surface area contributed by atoms with Gasteiger partial charge in [-0.1, -0.05) is 40.8 Å². The van der Waals surface area contributed by atoms with Crippen molar-refractivity contribution in [3.8, 4) is 0 Å². The number of hydrogen-bond acceptors (Lipinski definition) is 9. The van der Waals surface area contributed by atoms with E-state index in [0.29, 0.717) is 31.9 Å². The van der Waals surface area contributed by atoms with Crippen LogP contribution in [0.3, 0.4) is 0 Å². The van der Waals surface area contributed by atoms with Crippen LogP contribution in [0.15, 0.2) is 75.9 Å². The van der Waals surface area contributed by atoms with E-state index in [1.807, 2.05) is 17.5 Å². The number of thiazole rings is 1. The number of ether oxygens (including phenoxy) is 1. The minimum Gasteiger partial charge on any atom is -0.462 e. The minimum atomic E-state index is -0.804. The molecule has 3 atom stereocenters. The van der Waals surface area contributed by atoms with Crippen LogP contribution in [0.5, 0.6) is 0 Å². The Morgan fingerprint density at radius 3 is 2.40 bits per heavy atom. The number of carbonyl (C=O) groups is 4. The van der Waals surface area contributed by atoms with Crippen molar-refractivity contribution in [3.05, 3.63) is 96.1 Å². The first-order valence-electron chi connectivity index (χ1n) is 12.9. The number of aromatic nitrogens is 1. The Balaban J connectivity index is 1.34. The summed E-state index contributed by atoms with van der Waals surface area (Å²) >= 11 is 9.52. The average Bonchev–Trinajstić information content (AvgIpc) is 3.67. The third kappa shape index (κ3) is 5.08. The number of imide groups is 1. The van der Waals surface area contributed by atoms with Crippen LogP contribution in [0.4, 0.5) is 11.4 Å². The molecule has 3 amide bonds. The van der Waals surface area contributed by atoms with Crippen molar-refractivity contribution < 1.29 is 23.9 Å². The van der Waals surface area contributed by atoms with E-state index in [1.54, 1.807) is 43.3 Å². The summed E-state index contributed by atoms with van der Waals surface area (Å²) in [6, 6.07) is 16.5. The number of thiophene rings is 1. The van der Waals surface area contributed by atoms with Gasteiger partial charge in [0.2, 0.25) is 17.7 Å². The molecule has 0 radical (unpaired) electrons. The smallest absolute Gasteiger partial charge is 0.338 e. The van der Waals surface area contributed by atoms with Crippen molar-refractivity contribution in [1.29, 1.82) is 0 Å². The monoisotopic (exact) mass is 639 g/mol. The number of carbonyl (C=O) groups excluding carboxylic acids is 4. The fraction of sp³-hybridized carbons (Fsp3) is 0.207. The number of thioether (sulfide) groups is 1. The largest absolute Gasteiger partial charge is 0.462 e. The maximum Gasteiger partial charge on any atom is 0.338 e. The molecule has 2 aromatic heterocycles. The highest BCUT2D eigenvalue weighted by molar-refractivity contribution is 8.00. The lowest BCUT2D eigenvalue weighted by molar-refractivity contribution is -0.122. The van der Waals surface area contributed by atoms with Gasteiger partial charge in [0.25, 0.3) is 0 Å². The molecule has 6 rings (SSSR count). The SMILES string of the molecule is CCOC(=O)c1ccc(N2C(=O)C3Sc4c(sc(=O)n4CC(=O)Nc4ccc(Cl)cc4)C(c4cccs4)C3C2=O)cc1. The number of nitrogens with zero attached hydrogens (tertiary/aromatic N) is 2. The molecule has 214 valence electrons. The molecule has 2 aromatic carbocycles. The van der Waals surface area contributed by atoms with Gasteiger partial charge in [-0.15, -0.1) is 11.3 Å². The van der Waals surface area contributed by atoms with E-state index in [2.05, 4.69) is 5.32 Å². The molecular formula is C29H22ClN3O6S3. The van der Waals surface area contributed by atoms with Gasteiger partial charge in [0.15, 0.2) is 0 Å². The van der Waals surface area contributed by atoms with E-state index in [1.165, 1.54) is 28.0 Å². The molecule has 9 nitrogen and oxygen atoms in total. The number of benzene rings is 2. The van der Waals surface area contributed by atoms with E-state index in [-0.39, 0.29) is 23.9 Å². The number of nitrogens with one attached hydrogen (secondary N) is 1. The Morgan fingerprint density at radius 1 is 1.00 bits per heavy atom. The van der Waals surface area contributed by atoms with Gasteiger partial charge < -0.3 is 10.1 Å². The number of halogens is 1. The highest BCUT2D eigenvalue weighted by atomic mass is 35.5.